The number of phenolic OH excluding ortho intramolecular Hbond substituents is 1. The SMILES string of the molecule is C=CS(=O)(=O)c1ccc(N=Nc2c(S(=O)(=O)O)cc3cc(S(=O)(=O)O)c(N=Nc4ccc(S(=O)(=O)CCOS(=O)(=O)O)cc4)c(O)c3c2N)cc1. The van der Waals surface area contributed by atoms with Crippen molar-refractivity contribution in [1.29, 1.82) is 0 Å². The van der Waals surface area contributed by atoms with Gasteiger partial charge < -0.3 is 10.8 Å². The molecule has 4 aromatic carbocycles. The van der Waals surface area contributed by atoms with Crippen LogP contribution in [-0.2, 0) is 54.5 Å². The summed E-state index contributed by atoms with van der Waals surface area (Å²) in [6.07, 6.45) is 0. The van der Waals surface area contributed by atoms with Crippen LogP contribution < -0.4 is 5.73 Å². The van der Waals surface area contributed by atoms with Crippen molar-refractivity contribution in [3.63, 3.8) is 0 Å². The summed E-state index contributed by atoms with van der Waals surface area (Å²) in [6.45, 7) is 2.32. The van der Waals surface area contributed by atoms with E-state index in [1.165, 1.54) is 12.1 Å². The predicted molar refractivity (Wildman–Crippen MR) is 178 cm³/mol. The minimum Gasteiger partial charge on any atom is -0.505 e. The number of fused-ring (bicyclic) bond motifs is 1. The minimum absolute atomic E-state index is 0.0236. The number of hydrogen-bond donors (Lipinski definition) is 5. The Kier molecular flexibility index (Phi) is 10.8. The summed E-state index contributed by atoms with van der Waals surface area (Å²) in [5.41, 5.74) is 3.64. The number of rotatable bonds is 13. The average molecular weight is 806 g/mol. The lowest BCUT2D eigenvalue weighted by Gasteiger charge is -2.14. The van der Waals surface area contributed by atoms with Crippen molar-refractivity contribution in [3.8, 4) is 5.75 Å². The number of azo groups is 2. The van der Waals surface area contributed by atoms with E-state index in [1.807, 2.05) is 0 Å². The van der Waals surface area contributed by atoms with Gasteiger partial charge in [0.25, 0.3) is 20.2 Å². The van der Waals surface area contributed by atoms with Crippen LogP contribution in [0.25, 0.3) is 10.8 Å². The molecule has 0 saturated carbocycles. The van der Waals surface area contributed by atoms with Crippen LogP contribution in [-0.4, -0.2) is 73.2 Å². The molecule has 6 N–H and O–H groups in total. The van der Waals surface area contributed by atoms with E-state index >= 15 is 0 Å². The van der Waals surface area contributed by atoms with Crippen molar-refractivity contribution in [1.82, 2.24) is 0 Å². The predicted octanol–water partition coefficient (Wildman–Crippen LogP) is 3.96. The lowest BCUT2D eigenvalue weighted by molar-refractivity contribution is 0.284. The Labute approximate surface area is 289 Å². The van der Waals surface area contributed by atoms with Gasteiger partial charge in [0.15, 0.2) is 25.4 Å². The standard InChI is InChI=1S/C26H23N5O15S5/c1-2-47(33,34)18-7-3-16(4-8-18)28-30-24-20(49(37,38)39)13-15-14-21(50(40,41)42)25(26(32)22(15)23(24)27)31-29-17-5-9-19(10-6-17)48(35,36)12-11-46-51(43,44)45/h2-10,13-14,32H,1,11-12,27H2,(H,37,38,39)(H,40,41,42)(H,43,44,45). The summed E-state index contributed by atoms with van der Waals surface area (Å²) in [7, 11) is -23.2. The van der Waals surface area contributed by atoms with E-state index in [9.17, 15) is 56.3 Å². The van der Waals surface area contributed by atoms with Gasteiger partial charge in [-0.05, 0) is 66.0 Å². The zero-order chi connectivity index (χ0) is 38.2. The maximum absolute atomic E-state index is 12.4. The van der Waals surface area contributed by atoms with Gasteiger partial charge >= 0.3 is 10.4 Å². The number of nitrogens with two attached hydrogens (primary N) is 1. The first kappa shape index (κ1) is 39.1. The molecular formula is C26H23N5O15S5. The zero-order valence-corrected chi connectivity index (χ0v) is 29.2. The molecule has 0 unspecified atom stereocenters. The summed E-state index contributed by atoms with van der Waals surface area (Å²) in [5.74, 6) is -1.91. The molecule has 0 aliphatic carbocycles. The molecule has 4 rings (SSSR count). The highest BCUT2D eigenvalue weighted by atomic mass is 32.3. The first-order valence-corrected chi connectivity index (χ1v) is 20.7. The Morgan fingerprint density at radius 3 is 1.59 bits per heavy atom. The van der Waals surface area contributed by atoms with E-state index in [0.29, 0.717) is 17.5 Å². The topological polar surface area (TPSA) is 336 Å². The van der Waals surface area contributed by atoms with E-state index in [0.717, 1.165) is 36.4 Å². The maximum Gasteiger partial charge on any atom is 0.397 e. The second-order valence-corrected chi connectivity index (χ2v) is 17.8. The van der Waals surface area contributed by atoms with Crippen molar-refractivity contribution in [3.05, 3.63) is 72.7 Å². The lowest BCUT2D eigenvalue weighted by atomic mass is 10.1. The number of benzene rings is 4. The maximum atomic E-state index is 12.4. The zero-order valence-electron chi connectivity index (χ0n) is 25.2. The third kappa shape index (κ3) is 9.15. The van der Waals surface area contributed by atoms with E-state index in [2.05, 4.69) is 31.2 Å². The molecule has 0 saturated heterocycles. The number of aromatic hydroxyl groups is 1. The van der Waals surface area contributed by atoms with E-state index in [-0.39, 0.29) is 21.2 Å². The van der Waals surface area contributed by atoms with Crippen LogP contribution in [0, 0.1) is 0 Å². The summed E-state index contributed by atoms with van der Waals surface area (Å²) < 4.78 is 152. The van der Waals surface area contributed by atoms with Crippen LogP contribution in [0.4, 0.5) is 28.4 Å². The fourth-order valence-electron chi connectivity index (χ4n) is 4.21. The highest BCUT2D eigenvalue weighted by Gasteiger charge is 2.28. The van der Waals surface area contributed by atoms with Gasteiger partial charge in [0, 0.05) is 5.41 Å². The van der Waals surface area contributed by atoms with Crippen molar-refractivity contribution < 1.29 is 65.0 Å². The highest BCUT2D eigenvalue weighted by Crippen LogP contribution is 2.48. The van der Waals surface area contributed by atoms with Crippen LogP contribution in [0.5, 0.6) is 5.75 Å². The third-order valence-corrected chi connectivity index (χ3v) is 11.8. The summed E-state index contributed by atoms with van der Waals surface area (Å²) in [6, 6.07) is 10.2. The van der Waals surface area contributed by atoms with Crippen molar-refractivity contribution >= 4 is 89.5 Å². The summed E-state index contributed by atoms with van der Waals surface area (Å²) in [4.78, 5) is -2.59. The van der Waals surface area contributed by atoms with Gasteiger partial charge in [-0.25, -0.2) is 21.0 Å². The van der Waals surface area contributed by atoms with Crippen molar-refractivity contribution in [2.24, 2.45) is 20.5 Å². The molecule has 25 heteroatoms. The number of sulfone groups is 2. The quantitative estimate of drug-likeness (QED) is 0.0725. The molecule has 4 aromatic rings. The second kappa shape index (κ2) is 14.1. The molecule has 20 nitrogen and oxygen atoms in total. The second-order valence-electron chi connectivity index (χ2n) is 9.93. The van der Waals surface area contributed by atoms with E-state index < -0.39 is 106 Å². The Hall–Kier alpha value is -4.73. The molecule has 0 aliphatic rings. The van der Waals surface area contributed by atoms with Crippen molar-refractivity contribution in [2.45, 2.75) is 19.6 Å². The Balaban J connectivity index is 1.82. The highest BCUT2D eigenvalue weighted by molar-refractivity contribution is 7.94. The molecule has 0 radical (unpaired) electrons. The molecule has 0 fully saturated rings. The molecule has 0 amide bonds. The van der Waals surface area contributed by atoms with Gasteiger partial charge in [0.1, 0.15) is 21.2 Å². The van der Waals surface area contributed by atoms with Gasteiger partial charge in [-0.1, -0.05) is 6.58 Å². The van der Waals surface area contributed by atoms with Gasteiger partial charge in [-0.3, -0.25) is 13.7 Å². The van der Waals surface area contributed by atoms with Gasteiger partial charge in [-0.2, -0.15) is 35.5 Å². The molecule has 51 heavy (non-hydrogen) atoms. The average Bonchev–Trinajstić information content (AvgIpc) is 3.02. The number of phenols is 1. The van der Waals surface area contributed by atoms with Crippen LogP contribution in [0.3, 0.4) is 0 Å². The fourth-order valence-corrected chi connectivity index (χ4v) is 7.73. The van der Waals surface area contributed by atoms with Crippen LogP contribution >= 0.6 is 0 Å². The number of nitrogen functional groups attached to an aromatic ring is 1. The molecular weight excluding hydrogens is 783 g/mol. The largest absolute Gasteiger partial charge is 0.505 e. The fraction of sp³-hybridized carbons (Fsp3) is 0.0769. The smallest absolute Gasteiger partial charge is 0.397 e. The van der Waals surface area contributed by atoms with Crippen LogP contribution in [0.1, 0.15) is 0 Å². The summed E-state index contributed by atoms with van der Waals surface area (Å²) in [5, 5.41) is 25.9. The van der Waals surface area contributed by atoms with Crippen molar-refractivity contribution in [2.75, 3.05) is 18.1 Å². The molecule has 0 spiro atoms. The van der Waals surface area contributed by atoms with Crippen LogP contribution in [0.15, 0.2) is 113 Å². The van der Waals surface area contributed by atoms with E-state index in [4.69, 9.17) is 10.3 Å². The van der Waals surface area contributed by atoms with Gasteiger partial charge in [0.2, 0.25) is 0 Å². The first-order valence-electron chi connectivity index (χ1n) is 13.3. The molecule has 0 atom stereocenters. The molecule has 272 valence electrons. The normalized spacial score (nSPS) is 13.3. The lowest BCUT2D eigenvalue weighted by Crippen LogP contribution is -2.15. The Morgan fingerprint density at radius 1 is 0.686 bits per heavy atom. The Bertz CT molecular complexity index is 2680. The molecule has 0 heterocycles. The number of nitrogens with zero attached hydrogens (tertiary/aromatic N) is 4. The monoisotopic (exact) mass is 805 g/mol. The summed E-state index contributed by atoms with van der Waals surface area (Å²) >= 11 is 0. The van der Waals surface area contributed by atoms with E-state index in [1.54, 1.807) is 0 Å². The third-order valence-electron chi connectivity index (χ3n) is 6.57. The molecule has 0 bridgehead atoms. The first-order chi connectivity index (χ1) is 23.4. The number of anilines is 1. The Morgan fingerprint density at radius 2 is 1.14 bits per heavy atom. The minimum atomic E-state index is -5.24. The van der Waals surface area contributed by atoms with Gasteiger partial charge in [-0.15, -0.1) is 10.2 Å². The molecule has 0 aliphatic heterocycles. The number of hydrogen-bond acceptors (Lipinski definition) is 17. The molecule has 0 aromatic heterocycles. The van der Waals surface area contributed by atoms with Crippen LogP contribution in [0.2, 0.25) is 0 Å². The van der Waals surface area contributed by atoms with Gasteiger partial charge in [0.05, 0.1) is 44.6 Å².